The molecule has 0 radical (unpaired) electrons. The van der Waals surface area contributed by atoms with Crippen LogP contribution in [0.5, 0.6) is 0 Å². The minimum atomic E-state index is -0.564. The summed E-state index contributed by atoms with van der Waals surface area (Å²) in [6, 6.07) is 3.40. The summed E-state index contributed by atoms with van der Waals surface area (Å²) in [5.41, 5.74) is 2.21. The molecule has 0 aromatic heterocycles. The number of hydrogen-bond acceptors (Lipinski definition) is 4. The first-order chi connectivity index (χ1) is 16.5. The van der Waals surface area contributed by atoms with Gasteiger partial charge < -0.3 is 20.3 Å². The SMILES string of the molecule is C=C1CCC(N2Cc3c(ccc(C[C@H]4CCCC[C@@H]4NCC4CCOCC4)c3F)C2=O)C(=O)N1. The van der Waals surface area contributed by atoms with Crippen LogP contribution in [0.25, 0.3) is 0 Å². The number of ether oxygens (including phenoxy) is 1. The Morgan fingerprint density at radius 1 is 1.12 bits per heavy atom. The molecule has 2 amide bonds. The van der Waals surface area contributed by atoms with Gasteiger partial charge >= 0.3 is 0 Å². The molecule has 1 aromatic carbocycles. The number of nitrogens with zero attached hydrogens (tertiary/aromatic N) is 1. The summed E-state index contributed by atoms with van der Waals surface area (Å²) in [4.78, 5) is 27.0. The van der Waals surface area contributed by atoms with Crippen LogP contribution >= 0.6 is 0 Å². The minimum Gasteiger partial charge on any atom is -0.381 e. The second kappa shape index (κ2) is 10.2. The van der Waals surface area contributed by atoms with Crippen LogP contribution in [0.2, 0.25) is 0 Å². The third-order valence-corrected chi connectivity index (χ3v) is 8.24. The zero-order valence-corrected chi connectivity index (χ0v) is 19.9. The van der Waals surface area contributed by atoms with Crippen molar-refractivity contribution in [3.63, 3.8) is 0 Å². The van der Waals surface area contributed by atoms with E-state index in [-0.39, 0.29) is 24.2 Å². The Balaban J connectivity index is 1.27. The molecule has 3 heterocycles. The van der Waals surface area contributed by atoms with Gasteiger partial charge in [-0.2, -0.15) is 0 Å². The Morgan fingerprint density at radius 2 is 1.91 bits per heavy atom. The van der Waals surface area contributed by atoms with E-state index in [0.717, 1.165) is 45.4 Å². The standard InChI is InChI=1S/C27H36FN3O3/c1-17-6-9-24(26(32)30-17)31-16-22-21(27(31)33)8-7-20(25(22)28)14-19-4-2-3-5-23(19)29-15-18-10-12-34-13-11-18/h7-8,18-19,23-24,29H,1-6,9-16H2,(H,30,32)/t19-,23+,24?/m1/s1. The van der Waals surface area contributed by atoms with Gasteiger partial charge in [-0.1, -0.05) is 25.5 Å². The number of allylic oxidation sites excluding steroid dienone is 1. The number of fused-ring (bicyclic) bond motifs is 1. The summed E-state index contributed by atoms with van der Waals surface area (Å²) < 4.78 is 21.2. The third kappa shape index (κ3) is 4.78. The maximum absolute atomic E-state index is 15.7. The van der Waals surface area contributed by atoms with Crippen LogP contribution in [-0.4, -0.2) is 48.6 Å². The second-order valence-electron chi connectivity index (χ2n) is 10.5. The van der Waals surface area contributed by atoms with Crippen LogP contribution in [0.15, 0.2) is 24.4 Å². The number of piperidine rings is 1. The molecule has 3 atom stereocenters. The number of amides is 2. The monoisotopic (exact) mass is 469 g/mol. The molecule has 1 aromatic rings. The van der Waals surface area contributed by atoms with Crippen molar-refractivity contribution in [3.05, 3.63) is 46.9 Å². The second-order valence-corrected chi connectivity index (χ2v) is 10.5. The van der Waals surface area contributed by atoms with Gasteiger partial charge in [-0.05, 0) is 75.0 Å². The number of halogens is 1. The highest BCUT2D eigenvalue weighted by atomic mass is 19.1. The van der Waals surface area contributed by atoms with Crippen LogP contribution < -0.4 is 10.6 Å². The summed E-state index contributed by atoms with van der Waals surface area (Å²) in [5, 5.41) is 6.55. The molecule has 3 fully saturated rings. The van der Waals surface area contributed by atoms with Gasteiger partial charge in [0.05, 0.1) is 6.54 Å². The first kappa shape index (κ1) is 23.5. The number of hydrogen-bond donors (Lipinski definition) is 2. The molecular formula is C27H36FN3O3. The van der Waals surface area contributed by atoms with Gasteiger partial charge in [0.1, 0.15) is 11.9 Å². The fourth-order valence-electron chi connectivity index (χ4n) is 6.16. The predicted molar refractivity (Wildman–Crippen MR) is 128 cm³/mol. The average Bonchev–Trinajstić information content (AvgIpc) is 3.18. The Labute approximate surface area is 201 Å². The van der Waals surface area contributed by atoms with E-state index in [1.54, 1.807) is 12.1 Å². The van der Waals surface area contributed by atoms with Gasteiger partial charge in [-0.15, -0.1) is 0 Å². The smallest absolute Gasteiger partial charge is 0.255 e. The van der Waals surface area contributed by atoms with E-state index in [9.17, 15) is 9.59 Å². The van der Waals surface area contributed by atoms with E-state index < -0.39 is 6.04 Å². The van der Waals surface area contributed by atoms with Gasteiger partial charge in [0.2, 0.25) is 5.91 Å². The number of benzene rings is 1. The summed E-state index contributed by atoms with van der Waals surface area (Å²) >= 11 is 0. The number of rotatable bonds is 6. The fraction of sp³-hybridized carbons (Fsp3) is 0.630. The van der Waals surface area contributed by atoms with Gasteiger partial charge in [0.25, 0.3) is 5.91 Å². The lowest BCUT2D eigenvalue weighted by Crippen LogP contribution is -2.49. The van der Waals surface area contributed by atoms with Gasteiger partial charge in [0.15, 0.2) is 0 Å². The van der Waals surface area contributed by atoms with Crippen LogP contribution in [0.4, 0.5) is 4.39 Å². The van der Waals surface area contributed by atoms with Crippen molar-refractivity contribution < 1.29 is 18.7 Å². The molecule has 1 unspecified atom stereocenters. The van der Waals surface area contributed by atoms with Crippen molar-refractivity contribution in [2.75, 3.05) is 19.8 Å². The molecule has 2 saturated heterocycles. The summed E-state index contributed by atoms with van der Waals surface area (Å²) in [6.07, 6.45) is 8.70. The number of carbonyl (C=O) groups excluding carboxylic acids is 2. The van der Waals surface area contributed by atoms with E-state index >= 15 is 4.39 Å². The molecular weight excluding hydrogens is 433 g/mol. The molecule has 7 heteroatoms. The molecule has 34 heavy (non-hydrogen) atoms. The molecule has 0 spiro atoms. The molecule has 1 aliphatic carbocycles. The normalized spacial score (nSPS) is 28.2. The predicted octanol–water partition coefficient (Wildman–Crippen LogP) is 3.69. The van der Waals surface area contributed by atoms with Crippen LogP contribution in [0.3, 0.4) is 0 Å². The summed E-state index contributed by atoms with van der Waals surface area (Å²) in [5.74, 6) is 0.326. The van der Waals surface area contributed by atoms with Gasteiger partial charge in [-0.3, -0.25) is 9.59 Å². The van der Waals surface area contributed by atoms with Crippen LogP contribution in [-0.2, 0) is 22.5 Å². The van der Waals surface area contributed by atoms with E-state index in [4.69, 9.17) is 4.74 Å². The Hall–Kier alpha value is -2.25. The molecule has 0 bridgehead atoms. The van der Waals surface area contributed by atoms with E-state index in [1.165, 1.54) is 17.7 Å². The maximum atomic E-state index is 15.7. The molecule has 2 N–H and O–H groups in total. The summed E-state index contributed by atoms with van der Waals surface area (Å²) in [6.45, 7) is 6.69. The first-order valence-corrected chi connectivity index (χ1v) is 12.9. The number of carbonyl (C=O) groups is 2. The molecule has 1 saturated carbocycles. The van der Waals surface area contributed by atoms with Crippen molar-refractivity contribution in [2.45, 2.75) is 76.4 Å². The van der Waals surface area contributed by atoms with E-state index in [1.807, 2.05) is 0 Å². The van der Waals surface area contributed by atoms with Gasteiger partial charge in [0, 0.05) is 36.1 Å². The van der Waals surface area contributed by atoms with Gasteiger partial charge in [-0.25, -0.2) is 4.39 Å². The molecule has 4 aliphatic rings. The topological polar surface area (TPSA) is 70.7 Å². The van der Waals surface area contributed by atoms with Crippen molar-refractivity contribution in [3.8, 4) is 0 Å². The summed E-state index contributed by atoms with van der Waals surface area (Å²) in [7, 11) is 0. The zero-order chi connectivity index (χ0) is 23.7. The Bertz CT molecular complexity index is 959. The molecule has 3 aliphatic heterocycles. The average molecular weight is 470 g/mol. The first-order valence-electron chi connectivity index (χ1n) is 12.9. The van der Waals surface area contributed by atoms with Crippen LogP contribution in [0.1, 0.15) is 72.9 Å². The van der Waals surface area contributed by atoms with Crippen molar-refractivity contribution in [1.29, 1.82) is 0 Å². The lowest BCUT2D eigenvalue weighted by molar-refractivity contribution is -0.126. The lowest BCUT2D eigenvalue weighted by Gasteiger charge is -2.34. The Kier molecular flexibility index (Phi) is 7.02. The quantitative estimate of drug-likeness (QED) is 0.667. The van der Waals surface area contributed by atoms with Crippen molar-refractivity contribution in [1.82, 2.24) is 15.5 Å². The van der Waals surface area contributed by atoms with Crippen molar-refractivity contribution >= 4 is 11.8 Å². The third-order valence-electron chi connectivity index (χ3n) is 8.24. The zero-order valence-electron chi connectivity index (χ0n) is 19.9. The van der Waals surface area contributed by atoms with E-state index in [2.05, 4.69) is 17.2 Å². The maximum Gasteiger partial charge on any atom is 0.255 e. The molecule has 6 nitrogen and oxygen atoms in total. The largest absolute Gasteiger partial charge is 0.381 e. The van der Waals surface area contributed by atoms with Crippen LogP contribution in [0, 0.1) is 17.7 Å². The van der Waals surface area contributed by atoms with E-state index in [0.29, 0.717) is 59.5 Å². The Morgan fingerprint density at radius 3 is 2.71 bits per heavy atom. The highest BCUT2D eigenvalue weighted by Gasteiger charge is 2.40. The van der Waals surface area contributed by atoms with Crippen molar-refractivity contribution in [2.24, 2.45) is 11.8 Å². The molecule has 5 rings (SSSR count). The lowest BCUT2D eigenvalue weighted by atomic mass is 9.80. The minimum absolute atomic E-state index is 0.161. The highest BCUT2D eigenvalue weighted by molar-refractivity contribution is 6.01. The highest BCUT2D eigenvalue weighted by Crippen LogP contribution is 2.34. The molecule has 184 valence electrons. The number of nitrogens with one attached hydrogen (secondary N) is 2. The fourth-order valence-corrected chi connectivity index (χ4v) is 6.16.